The number of aryl methyl sites for hydroxylation is 1. The number of hydrazone groups is 1. The first kappa shape index (κ1) is 20.4. The van der Waals surface area contributed by atoms with E-state index in [0.29, 0.717) is 0 Å². The van der Waals surface area contributed by atoms with Crippen LogP contribution in [0.15, 0.2) is 70.7 Å². The molecular formula is C20H21N5O3S. The SMILES string of the molecule is Cc1nn(-c2ccccc2)c(C)c1/C=N\NC(=O)CNS(=O)(=O)c1ccccc1. The fraction of sp³-hybridized carbons (Fsp3) is 0.150. The molecule has 1 amide bonds. The Bertz CT molecular complexity index is 1120. The lowest BCUT2D eigenvalue weighted by atomic mass is 10.2. The standard InChI is InChI=1S/C20H21N5O3S/c1-15-19(16(2)25(24-15)17-9-5-3-6-10-17)13-21-23-20(26)14-22-29(27,28)18-11-7-4-8-12-18/h3-13,22H,14H2,1-2H3,(H,23,26)/b21-13-. The van der Waals surface area contributed by atoms with Gasteiger partial charge in [-0.2, -0.15) is 10.2 Å². The summed E-state index contributed by atoms with van der Waals surface area (Å²) in [5.74, 6) is -0.577. The van der Waals surface area contributed by atoms with Gasteiger partial charge in [0.05, 0.1) is 34.7 Å². The lowest BCUT2D eigenvalue weighted by molar-refractivity contribution is -0.119. The van der Waals surface area contributed by atoms with Crippen LogP contribution < -0.4 is 10.1 Å². The highest BCUT2D eigenvalue weighted by Crippen LogP contribution is 2.16. The fourth-order valence-corrected chi connectivity index (χ4v) is 3.72. The fourth-order valence-electron chi connectivity index (χ4n) is 2.71. The molecule has 0 bridgehead atoms. The highest BCUT2D eigenvalue weighted by Gasteiger charge is 2.15. The molecule has 0 aliphatic carbocycles. The van der Waals surface area contributed by atoms with Gasteiger partial charge in [-0.05, 0) is 38.1 Å². The molecule has 0 spiro atoms. The first-order chi connectivity index (χ1) is 13.9. The third kappa shape index (κ3) is 4.95. The van der Waals surface area contributed by atoms with Crippen molar-refractivity contribution in [1.82, 2.24) is 19.9 Å². The van der Waals surface area contributed by atoms with Gasteiger partial charge in [-0.3, -0.25) is 4.79 Å². The number of amides is 1. The Hall–Kier alpha value is -3.30. The number of carbonyl (C=O) groups is 1. The van der Waals surface area contributed by atoms with Crippen molar-refractivity contribution >= 4 is 22.1 Å². The summed E-state index contributed by atoms with van der Waals surface area (Å²) in [4.78, 5) is 12.0. The predicted molar refractivity (Wildman–Crippen MR) is 110 cm³/mol. The average molecular weight is 411 g/mol. The third-order valence-corrected chi connectivity index (χ3v) is 5.62. The molecule has 0 aliphatic rings. The van der Waals surface area contributed by atoms with Gasteiger partial charge in [0.15, 0.2) is 0 Å². The van der Waals surface area contributed by atoms with Gasteiger partial charge >= 0.3 is 0 Å². The lowest BCUT2D eigenvalue weighted by Crippen LogP contribution is -2.34. The zero-order valence-electron chi connectivity index (χ0n) is 16.0. The number of carbonyl (C=O) groups excluding carboxylic acids is 1. The number of rotatable bonds is 7. The molecule has 0 saturated carbocycles. The molecule has 0 atom stereocenters. The third-order valence-electron chi connectivity index (χ3n) is 4.21. The van der Waals surface area contributed by atoms with E-state index < -0.39 is 22.5 Å². The number of hydrogen-bond acceptors (Lipinski definition) is 5. The molecule has 0 fully saturated rings. The largest absolute Gasteiger partial charge is 0.272 e. The predicted octanol–water partition coefficient (Wildman–Crippen LogP) is 1.92. The molecule has 1 aromatic heterocycles. The van der Waals surface area contributed by atoms with Crippen LogP contribution in [0.25, 0.3) is 5.69 Å². The minimum atomic E-state index is -3.75. The number of sulfonamides is 1. The number of benzene rings is 2. The van der Waals surface area contributed by atoms with E-state index in [1.54, 1.807) is 22.9 Å². The summed E-state index contributed by atoms with van der Waals surface area (Å²) in [5.41, 5.74) is 5.66. The second-order valence-corrected chi connectivity index (χ2v) is 8.03. The molecule has 29 heavy (non-hydrogen) atoms. The number of para-hydroxylation sites is 1. The molecule has 0 radical (unpaired) electrons. The van der Waals surface area contributed by atoms with Crippen LogP contribution in [0.2, 0.25) is 0 Å². The van der Waals surface area contributed by atoms with Crippen LogP contribution in [-0.4, -0.2) is 36.9 Å². The molecule has 0 unspecified atom stereocenters. The molecule has 8 nitrogen and oxygen atoms in total. The van der Waals surface area contributed by atoms with E-state index in [-0.39, 0.29) is 4.90 Å². The van der Waals surface area contributed by atoms with Crippen molar-refractivity contribution < 1.29 is 13.2 Å². The zero-order valence-corrected chi connectivity index (χ0v) is 16.8. The van der Waals surface area contributed by atoms with Gasteiger partial charge in [0.1, 0.15) is 0 Å². The van der Waals surface area contributed by atoms with Crippen molar-refractivity contribution in [3.05, 3.63) is 77.6 Å². The molecule has 2 aromatic carbocycles. The summed E-state index contributed by atoms with van der Waals surface area (Å²) in [6.07, 6.45) is 1.50. The van der Waals surface area contributed by atoms with Crippen LogP contribution in [-0.2, 0) is 14.8 Å². The first-order valence-electron chi connectivity index (χ1n) is 8.87. The quantitative estimate of drug-likeness (QED) is 0.458. The minimum absolute atomic E-state index is 0.0934. The van der Waals surface area contributed by atoms with Crippen molar-refractivity contribution in [3.8, 4) is 5.69 Å². The molecular weight excluding hydrogens is 390 g/mol. The van der Waals surface area contributed by atoms with Gasteiger partial charge in [-0.25, -0.2) is 23.2 Å². The van der Waals surface area contributed by atoms with Gasteiger partial charge in [0, 0.05) is 5.56 Å². The van der Waals surface area contributed by atoms with Gasteiger partial charge in [0.25, 0.3) is 5.91 Å². The summed E-state index contributed by atoms with van der Waals surface area (Å²) in [6, 6.07) is 17.5. The minimum Gasteiger partial charge on any atom is -0.272 e. The van der Waals surface area contributed by atoms with E-state index >= 15 is 0 Å². The maximum Gasteiger partial charge on any atom is 0.255 e. The van der Waals surface area contributed by atoms with E-state index in [1.165, 1.54) is 18.3 Å². The van der Waals surface area contributed by atoms with Crippen molar-refractivity contribution in [2.75, 3.05) is 6.54 Å². The second kappa shape index (κ2) is 8.80. The van der Waals surface area contributed by atoms with E-state index in [0.717, 1.165) is 22.6 Å². The highest BCUT2D eigenvalue weighted by atomic mass is 32.2. The first-order valence-corrected chi connectivity index (χ1v) is 10.3. The lowest BCUT2D eigenvalue weighted by Gasteiger charge is -2.05. The number of aromatic nitrogens is 2. The normalized spacial score (nSPS) is 11.7. The van der Waals surface area contributed by atoms with E-state index in [2.05, 4.69) is 20.3 Å². The molecule has 0 aliphatic heterocycles. The summed E-state index contributed by atoms with van der Waals surface area (Å²) in [5, 5.41) is 8.43. The average Bonchev–Trinajstić information content (AvgIpc) is 3.02. The van der Waals surface area contributed by atoms with Crippen LogP contribution >= 0.6 is 0 Å². The second-order valence-electron chi connectivity index (χ2n) is 6.26. The molecule has 3 aromatic rings. The van der Waals surface area contributed by atoms with E-state index in [4.69, 9.17) is 0 Å². The van der Waals surface area contributed by atoms with Crippen LogP contribution in [0, 0.1) is 13.8 Å². The Morgan fingerprint density at radius 1 is 1.07 bits per heavy atom. The maximum atomic E-state index is 12.1. The Morgan fingerprint density at radius 3 is 2.34 bits per heavy atom. The molecule has 0 saturated heterocycles. The van der Waals surface area contributed by atoms with Crippen molar-refractivity contribution in [1.29, 1.82) is 0 Å². The smallest absolute Gasteiger partial charge is 0.255 e. The summed E-state index contributed by atoms with van der Waals surface area (Å²) < 4.78 is 28.3. The topological polar surface area (TPSA) is 105 Å². The molecule has 2 N–H and O–H groups in total. The summed E-state index contributed by atoms with van der Waals surface area (Å²) in [7, 11) is -3.75. The van der Waals surface area contributed by atoms with Crippen molar-refractivity contribution in [2.24, 2.45) is 5.10 Å². The van der Waals surface area contributed by atoms with Crippen LogP contribution in [0.3, 0.4) is 0 Å². The van der Waals surface area contributed by atoms with Gasteiger partial charge < -0.3 is 0 Å². The van der Waals surface area contributed by atoms with Gasteiger partial charge in [-0.15, -0.1) is 0 Å². The van der Waals surface area contributed by atoms with Crippen LogP contribution in [0.4, 0.5) is 0 Å². The van der Waals surface area contributed by atoms with Crippen LogP contribution in [0.5, 0.6) is 0 Å². The zero-order chi connectivity index (χ0) is 20.9. The van der Waals surface area contributed by atoms with Crippen LogP contribution in [0.1, 0.15) is 17.0 Å². The summed E-state index contributed by atoms with van der Waals surface area (Å²) in [6.45, 7) is 3.34. The molecule has 1 heterocycles. The number of nitrogens with zero attached hydrogens (tertiary/aromatic N) is 3. The number of hydrogen-bond donors (Lipinski definition) is 2. The Balaban J connectivity index is 1.62. The van der Waals surface area contributed by atoms with Crippen molar-refractivity contribution in [3.63, 3.8) is 0 Å². The van der Waals surface area contributed by atoms with E-state index in [9.17, 15) is 13.2 Å². The monoisotopic (exact) mass is 411 g/mol. The van der Waals surface area contributed by atoms with Gasteiger partial charge in [-0.1, -0.05) is 36.4 Å². The van der Waals surface area contributed by atoms with Crippen molar-refractivity contribution in [2.45, 2.75) is 18.7 Å². The number of nitrogens with one attached hydrogen (secondary N) is 2. The molecule has 150 valence electrons. The Morgan fingerprint density at radius 2 is 1.69 bits per heavy atom. The van der Waals surface area contributed by atoms with E-state index in [1.807, 2.05) is 44.2 Å². The highest BCUT2D eigenvalue weighted by molar-refractivity contribution is 7.89. The Labute approximate surface area is 169 Å². The van der Waals surface area contributed by atoms with Gasteiger partial charge in [0.2, 0.25) is 10.0 Å². The maximum absolute atomic E-state index is 12.1. The summed E-state index contributed by atoms with van der Waals surface area (Å²) >= 11 is 0. The Kier molecular flexibility index (Phi) is 6.20. The molecule has 3 rings (SSSR count). The molecule has 9 heteroatoms.